The van der Waals surface area contributed by atoms with Crippen molar-refractivity contribution in [2.45, 2.75) is 65.2 Å². The molecule has 0 radical (unpaired) electrons. The second-order valence-electron chi connectivity index (χ2n) is 11.6. The third-order valence-electron chi connectivity index (χ3n) is 7.56. The van der Waals surface area contributed by atoms with E-state index >= 15 is 0 Å². The van der Waals surface area contributed by atoms with E-state index in [0.717, 1.165) is 27.8 Å². The molecule has 222 valence electrons. The smallest absolute Gasteiger partial charge is 0.407 e. The maximum atomic E-state index is 13.4. The molecule has 0 fully saturated rings. The van der Waals surface area contributed by atoms with Gasteiger partial charge in [0.25, 0.3) is 0 Å². The Hall–Kier alpha value is -4.33. The summed E-state index contributed by atoms with van der Waals surface area (Å²) in [5.41, 5.74) is 5.51. The van der Waals surface area contributed by atoms with E-state index < -0.39 is 24.3 Å². The van der Waals surface area contributed by atoms with Gasteiger partial charge in [0.15, 0.2) is 0 Å². The Morgan fingerprint density at radius 3 is 1.86 bits per heavy atom. The predicted octanol–water partition coefficient (Wildman–Crippen LogP) is 6.10. The number of alkyl carbamates (subject to hydrolysis) is 1. The van der Waals surface area contributed by atoms with Gasteiger partial charge >= 0.3 is 12.1 Å². The summed E-state index contributed by atoms with van der Waals surface area (Å²) >= 11 is 0. The van der Waals surface area contributed by atoms with Crippen LogP contribution >= 0.6 is 0 Å². The zero-order chi connectivity index (χ0) is 30.2. The Morgan fingerprint density at radius 2 is 1.29 bits per heavy atom. The average Bonchev–Trinajstić information content (AvgIpc) is 3.29. The van der Waals surface area contributed by atoms with Gasteiger partial charge in [0, 0.05) is 5.92 Å². The van der Waals surface area contributed by atoms with Crippen LogP contribution in [0.4, 0.5) is 9.59 Å². The Balaban J connectivity index is 1.36. The number of nitrogens with one attached hydrogen (secondary N) is 4. The van der Waals surface area contributed by atoms with Crippen molar-refractivity contribution in [1.29, 1.82) is 0 Å². The van der Waals surface area contributed by atoms with Crippen molar-refractivity contribution in [2.75, 3.05) is 6.61 Å². The van der Waals surface area contributed by atoms with Crippen LogP contribution in [0.3, 0.4) is 0 Å². The van der Waals surface area contributed by atoms with Crippen molar-refractivity contribution in [1.82, 2.24) is 21.3 Å². The second-order valence-corrected chi connectivity index (χ2v) is 11.6. The molecule has 0 bridgehead atoms. The zero-order valence-corrected chi connectivity index (χ0v) is 25.0. The molecule has 4 N–H and O–H groups in total. The fraction of sp³-hybridized carbons (Fsp3) is 0.382. The molecule has 4 amide bonds. The van der Waals surface area contributed by atoms with E-state index in [4.69, 9.17) is 4.74 Å². The highest BCUT2D eigenvalue weighted by molar-refractivity contribution is 5.86. The Morgan fingerprint density at radius 1 is 0.714 bits per heavy atom. The Bertz CT molecular complexity index is 1330. The summed E-state index contributed by atoms with van der Waals surface area (Å²) in [6.45, 7) is 9.83. The summed E-state index contributed by atoms with van der Waals surface area (Å²) < 4.78 is 5.69. The third kappa shape index (κ3) is 7.69. The molecule has 42 heavy (non-hydrogen) atoms. The molecule has 0 aromatic heterocycles. The minimum Gasteiger partial charge on any atom is -0.449 e. The van der Waals surface area contributed by atoms with E-state index in [-0.39, 0.29) is 36.3 Å². The summed E-state index contributed by atoms with van der Waals surface area (Å²) in [7, 11) is 0. The van der Waals surface area contributed by atoms with Crippen LogP contribution in [0.15, 0.2) is 78.9 Å². The van der Waals surface area contributed by atoms with Gasteiger partial charge in [-0.1, -0.05) is 107 Å². The van der Waals surface area contributed by atoms with Crippen LogP contribution in [0.5, 0.6) is 0 Å². The Labute approximate surface area is 248 Å². The fourth-order valence-corrected chi connectivity index (χ4v) is 5.31. The predicted molar refractivity (Wildman–Crippen MR) is 165 cm³/mol. The number of amides is 4. The van der Waals surface area contributed by atoms with Gasteiger partial charge in [-0.25, -0.2) is 9.59 Å². The van der Waals surface area contributed by atoms with E-state index in [2.05, 4.69) is 45.5 Å². The number of urea groups is 1. The fourth-order valence-electron chi connectivity index (χ4n) is 5.31. The van der Waals surface area contributed by atoms with Gasteiger partial charge < -0.3 is 26.0 Å². The summed E-state index contributed by atoms with van der Waals surface area (Å²) in [6.07, 6.45) is -0.876. The summed E-state index contributed by atoms with van der Waals surface area (Å²) in [4.78, 5) is 39.1. The number of benzene rings is 3. The molecule has 0 saturated carbocycles. The van der Waals surface area contributed by atoms with Crippen molar-refractivity contribution in [3.8, 4) is 11.1 Å². The van der Waals surface area contributed by atoms with E-state index in [9.17, 15) is 14.4 Å². The molecular formula is C34H42N4O4. The van der Waals surface area contributed by atoms with Crippen LogP contribution in [0.2, 0.25) is 0 Å². The van der Waals surface area contributed by atoms with Gasteiger partial charge in [0.1, 0.15) is 18.8 Å². The molecule has 3 aromatic carbocycles. The first-order valence-corrected chi connectivity index (χ1v) is 14.7. The molecule has 0 saturated heterocycles. The first-order valence-electron chi connectivity index (χ1n) is 14.7. The minimum absolute atomic E-state index is 0.0770. The Kier molecular flexibility index (Phi) is 10.2. The normalized spacial score (nSPS) is 14.4. The molecule has 1 aliphatic carbocycles. The first kappa shape index (κ1) is 30.6. The average molecular weight is 571 g/mol. The van der Waals surface area contributed by atoms with Gasteiger partial charge in [0.05, 0.1) is 6.04 Å². The molecule has 8 nitrogen and oxygen atoms in total. The van der Waals surface area contributed by atoms with Crippen LogP contribution in [-0.2, 0) is 9.53 Å². The minimum atomic E-state index is -0.824. The van der Waals surface area contributed by atoms with Crippen molar-refractivity contribution in [3.63, 3.8) is 0 Å². The molecule has 3 aromatic rings. The lowest BCUT2D eigenvalue weighted by Crippen LogP contribution is -2.58. The van der Waals surface area contributed by atoms with E-state index in [1.54, 1.807) is 0 Å². The van der Waals surface area contributed by atoms with Gasteiger partial charge in [-0.05, 0) is 53.0 Å². The number of carbonyl (C=O) groups excluding carboxylic acids is 3. The van der Waals surface area contributed by atoms with Crippen molar-refractivity contribution >= 4 is 18.0 Å². The highest BCUT2D eigenvalue weighted by Gasteiger charge is 2.31. The molecule has 4 rings (SSSR count). The maximum absolute atomic E-state index is 13.4. The molecule has 0 heterocycles. The highest BCUT2D eigenvalue weighted by atomic mass is 16.5. The molecule has 3 atom stereocenters. The topological polar surface area (TPSA) is 109 Å². The van der Waals surface area contributed by atoms with Gasteiger partial charge in [0.2, 0.25) is 5.91 Å². The quantitative estimate of drug-likeness (QED) is 0.209. The zero-order valence-electron chi connectivity index (χ0n) is 25.0. The lowest BCUT2D eigenvalue weighted by atomic mass is 9.98. The summed E-state index contributed by atoms with van der Waals surface area (Å²) in [5.74, 6) is -0.421. The molecular weight excluding hydrogens is 528 g/mol. The standard InChI is InChI=1S/C34H42N4O4/c1-21(2)19-30(32(39)37-31(22(3)4)38-33(40)35-23(5)24-13-7-6-8-14-24)36-34(41)42-20-29-27-17-11-9-15-25(27)26-16-10-12-18-28(26)29/h6-18,21-23,29-31H,19-20H2,1-5H3,(H,36,41)(H,37,39)(H2,35,38,40)/t23-,30+,31-/m1/s1. The highest BCUT2D eigenvalue weighted by Crippen LogP contribution is 2.44. The number of rotatable bonds is 11. The van der Waals surface area contributed by atoms with Gasteiger partial charge in [-0.2, -0.15) is 0 Å². The largest absolute Gasteiger partial charge is 0.449 e. The lowest BCUT2D eigenvalue weighted by Gasteiger charge is -2.28. The summed E-state index contributed by atoms with van der Waals surface area (Å²) in [5, 5.41) is 11.5. The number of ether oxygens (including phenoxy) is 1. The van der Waals surface area contributed by atoms with Crippen molar-refractivity contribution in [2.24, 2.45) is 11.8 Å². The third-order valence-corrected chi connectivity index (χ3v) is 7.56. The molecule has 0 unspecified atom stereocenters. The van der Waals surface area contributed by atoms with Crippen molar-refractivity contribution < 1.29 is 19.1 Å². The SMILES string of the molecule is CC(C)C[C@H](NC(=O)OCC1c2ccccc2-c2ccccc21)C(=O)N[C@H](NC(=O)N[C@H](C)c1ccccc1)C(C)C. The van der Waals surface area contributed by atoms with Crippen LogP contribution in [0.25, 0.3) is 11.1 Å². The molecule has 1 aliphatic rings. The number of hydrogen-bond acceptors (Lipinski definition) is 4. The summed E-state index contributed by atoms with van der Waals surface area (Å²) in [6, 6.07) is 24.5. The number of fused-ring (bicyclic) bond motifs is 3. The van der Waals surface area contributed by atoms with Crippen LogP contribution in [-0.4, -0.2) is 36.8 Å². The molecule has 0 spiro atoms. The first-order chi connectivity index (χ1) is 20.1. The van der Waals surface area contributed by atoms with E-state index in [0.29, 0.717) is 6.42 Å². The maximum Gasteiger partial charge on any atom is 0.407 e. The van der Waals surface area contributed by atoms with Crippen LogP contribution in [0.1, 0.15) is 69.7 Å². The molecule has 8 heteroatoms. The lowest BCUT2D eigenvalue weighted by molar-refractivity contribution is -0.124. The van der Waals surface area contributed by atoms with Crippen LogP contribution < -0.4 is 21.3 Å². The van der Waals surface area contributed by atoms with Crippen LogP contribution in [0, 0.1) is 11.8 Å². The monoisotopic (exact) mass is 570 g/mol. The van der Waals surface area contributed by atoms with Crippen molar-refractivity contribution in [3.05, 3.63) is 95.6 Å². The van der Waals surface area contributed by atoms with Gasteiger partial charge in [-0.15, -0.1) is 0 Å². The van der Waals surface area contributed by atoms with E-state index in [1.165, 1.54) is 0 Å². The molecule has 0 aliphatic heterocycles. The second kappa shape index (κ2) is 14.0. The number of hydrogen-bond donors (Lipinski definition) is 4. The van der Waals surface area contributed by atoms with E-state index in [1.807, 2.05) is 89.2 Å². The number of carbonyl (C=O) groups is 3. The van der Waals surface area contributed by atoms with Gasteiger partial charge in [-0.3, -0.25) is 4.79 Å².